The van der Waals surface area contributed by atoms with Crippen molar-refractivity contribution in [3.05, 3.63) is 60.7 Å². The fourth-order valence-corrected chi connectivity index (χ4v) is 5.04. The first-order valence-electron chi connectivity index (χ1n) is 6.02. The molecule has 2 aromatic rings. The summed E-state index contributed by atoms with van der Waals surface area (Å²) in [7, 11) is -2.00. The van der Waals surface area contributed by atoms with Gasteiger partial charge in [0.05, 0.1) is 0 Å². The van der Waals surface area contributed by atoms with Crippen LogP contribution >= 0.6 is 0 Å². The molecule has 0 atom stereocenters. The van der Waals surface area contributed by atoms with Crippen LogP contribution in [0.3, 0.4) is 0 Å². The van der Waals surface area contributed by atoms with Crippen molar-refractivity contribution in [2.75, 3.05) is 6.61 Å². The third kappa shape index (κ3) is 2.99. The summed E-state index contributed by atoms with van der Waals surface area (Å²) in [4.78, 5) is 0. The van der Waals surface area contributed by atoms with Crippen LogP contribution < -0.4 is 10.4 Å². The lowest BCUT2D eigenvalue weighted by Gasteiger charge is -2.27. The molecule has 0 aliphatic rings. The number of rotatable bonds is 4. The fourth-order valence-electron chi connectivity index (χ4n) is 2.13. The third-order valence-corrected chi connectivity index (χ3v) is 6.82. The van der Waals surface area contributed by atoms with Crippen molar-refractivity contribution in [1.82, 2.24) is 0 Å². The van der Waals surface area contributed by atoms with Gasteiger partial charge in [-0.05, 0) is 34.8 Å². The summed E-state index contributed by atoms with van der Waals surface area (Å²) < 4.78 is 6.14. The van der Waals surface area contributed by atoms with Gasteiger partial charge in [-0.1, -0.05) is 60.7 Å². The summed E-state index contributed by atoms with van der Waals surface area (Å²) in [5.41, 5.74) is 0. The van der Waals surface area contributed by atoms with E-state index in [2.05, 4.69) is 74.1 Å². The Bertz CT molecular complexity index is 417. The zero-order chi connectivity index (χ0) is 12.1. The van der Waals surface area contributed by atoms with Crippen LogP contribution in [0.1, 0.15) is 6.92 Å². The fraction of sp³-hybridized carbons (Fsp3) is 0.200. The first kappa shape index (κ1) is 14.9. The second-order valence-corrected chi connectivity index (χ2v) is 7.71. The molecule has 0 aromatic heterocycles. The molecule has 0 heterocycles. The molecule has 2 rings (SSSR count). The maximum Gasteiger partial charge on any atom is 0.252 e. The van der Waals surface area contributed by atoms with E-state index in [4.69, 9.17) is 4.43 Å². The van der Waals surface area contributed by atoms with E-state index in [-0.39, 0.29) is 11.0 Å². The lowest BCUT2D eigenvalue weighted by Crippen LogP contribution is -2.58. The van der Waals surface area contributed by atoms with Crippen LogP contribution in [0.2, 0.25) is 6.55 Å². The molecule has 0 N–H and O–H groups in total. The van der Waals surface area contributed by atoms with Crippen molar-refractivity contribution >= 4 is 29.7 Å². The second kappa shape index (κ2) is 6.68. The highest BCUT2D eigenvalue weighted by Gasteiger charge is 2.33. The highest BCUT2D eigenvalue weighted by Crippen LogP contribution is 2.07. The van der Waals surface area contributed by atoms with Gasteiger partial charge in [-0.25, -0.2) is 0 Å². The molecule has 0 bridgehead atoms. The van der Waals surface area contributed by atoms with Gasteiger partial charge in [0.2, 0.25) is 0 Å². The molecule has 96 valence electrons. The van der Waals surface area contributed by atoms with E-state index in [1.165, 1.54) is 10.4 Å². The van der Waals surface area contributed by atoms with E-state index in [0.29, 0.717) is 0 Å². The van der Waals surface area contributed by atoms with E-state index in [0.717, 1.165) is 6.61 Å². The van der Waals surface area contributed by atoms with Gasteiger partial charge in [0.25, 0.3) is 8.32 Å². The van der Waals surface area contributed by atoms with E-state index in [1.807, 2.05) is 0 Å². The molecule has 0 saturated carbocycles. The lowest BCUT2D eigenvalue weighted by molar-refractivity contribution is 0.343. The molecule has 0 fully saturated rings. The van der Waals surface area contributed by atoms with Crippen molar-refractivity contribution in [2.45, 2.75) is 13.5 Å². The molecule has 2 aromatic carbocycles. The quantitative estimate of drug-likeness (QED) is 0.755. The maximum absolute atomic E-state index is 6.14. The largest absolute Gasteiger partial charge is 0.408 e. The van der Waals surface area contributed by atoms with Crippen molar-refractivity contribution in [3.8, 4) is 0 Å². The van der Waals surface area contributed by atoms with E-state index in [1.54, 1.807) is 0 Å². The highest BCUT2D eigenvalue weighted by molar-refractivity contribution is 6.96. The SMILES string of the molecule is CCO[Si](C)(c1ccccc1)c1ccccc1.[SiH4]. The molecular weight excluding hydrogens is 252 g/mol. The molecule has 0 aliphatic carbocycles. The van der Waals surface area contributed by atoms with Crippen LogP contribution in [0, 0.1) is 0 Å². The minimum absolute atomic E-state index is 0. The summed E-state index contributed by atoms with van der Waals surface area (Å²) in [5, 5.41) is 2.65. The Labute approximate surface area is 115 Å². The minimum Gasteiger partial charge on any atom is -0.408 e. The van der Waals surface area contributed by atoms with Gasteiger partial charge in [0.15, 0.2) is 0 Å². The predicted octanol–water partition coefficient (Wildman–Crippen LogP) is 0.961. The van der Waals surface area contributed by atoms with Crippen molar-refractivity contribution < 1.29 is 4.43 Å². The van der Waals surface area contributed by atoms with Crippen LogP contribution in [0.15, 0.2) is 60.7 Å². The summed E-state index contributed by atoms with van der Waals surface area (Å²) in [6.45, 7) is 5.09. The summed E-state index contributed by atoms with van der Waals surface area (Å²) in [5.74, 6) is 0. The third-order valence-electron chi connectivity index (χ3n) is 3.08. The van der Waals surface area contributed by atoms with Crippen molar-refractivity contribution in [2.24, 2.45) is 0 Å². The molecule has 3 heteroatoms. The van der Waals surface area contributed by atoms with Crippen LogP contribution in [0.25, 0.3) is 0 Å². The topological polar surface area (TPSA) is 9.23 Å². The standard InChI is InChI=1S/C15H18OSi.H4Si/c1-3-16-17(2,14-10-6-4-7-11-14)15-12-8-5-9-13-15;/h4-13H,3H2,1-2H3;1H4. The van der Waals surface area contributed by atoms with Gasteiger partial charge in [-0.3, -0.25) is 0 Å². The van der Waals surface area contributed by atoms with E-state index in [9.17, 15) is 0 Å². The van der Waals surface area contributed by atoms with Gasteiger partial charge < -0.3 is 4.43 Å². The van der Waals surface area contributed by atoms with E-state index < -0.39 is 8.32 Å². The Hall–Kier alpha value is -1.17. The summed E-state index contributed by atoms with van der Waals surface area (Å²) in [6.07, 6.45) is 0. The van der Waals surface area contributed by atoms with Gasteiger partial charge in [-0.15, -0.1) is 0 Å². The molecular formula is C15H22OSi2. The molecule has 0 spiro atoms. The molecule has 18 heavy (non-hydrogen) atoms. The van der Waals surface area contributed by atoms with Crippen molar-refractivity contribution in [3.63, 3.8) is 0 Å². The monoisotopic (exact) mass is 274 g/mol. The second-order valence-electron chi connectivity index (χ2n) is 4.20. The summed E-state index contributed by atoms with van der Waals surface area (Å²) >= 11 is 0. The first-order valence-corrected chi connectivity index (χ1v) is 8.43. The zero-order valence-electron chi connectivity index (χ0n) is 10.4. The Kier molecular flexibility index (Phi) is 5.53. The van der Waals surface area contributed by atoms with Crippen molar-refractivity contribution in [1.29, 1.82) is 0 Å². The molecule has 0 aliphatic heterocycles. The smallest absolute Gasteiger partial charge is 0.252 e. The maximum atomic E-state index is 6.14. The normalized spacial score (nSPS) is 10.8. The molecule has 0 amide bonds. The van der Waals surface area contributed by atoms with Gasteiger partial charge in [0, 0.05) is 6.61 Å². The average molecular weight is 275 g/mol. The van der Waals surface area contributed by atoms with Gasteiger partial charge in [-0.2, -0.15) is 0 Å². The Morgan fingerprint density at radius 2 is 1.22 bits per heavy atom. The Balaban J connectivity index is 0.00000162. The van der Waals surface area contributed by atoms with Gasteiger partial charge >= 0.3 is 0 Å². The predicted molar refractivity (Wildman–Crippen MR) is 86.7 cm³/mol. The first-order chi connectivity index (χ1) is 8.27. The zero-order valence-corrected chi connectivity index (χ0v) is 11.4. The molecule has 0 unspecified atom stereocenters. The number of benzene rings is 2. The molecule has 1 nitrogen and oxygen atoms in total. The number of hydrogen-bond donors (Lipinski definition) is 0. The molecule has 0 radical (unpaired) electrons. The minimum atomic E-state index is -2.00. The van der Waals surface area contributed by atoms with E-state index >= 15 is 0 Å². The Morgan fingerprint density at radius 3 is 1.56 bits per heavy atom. The highest BCUT2D eigenvalue weighted by atomic mass is 28.4. The van der Waals surface area contributed by atoms with Crippen LogP contribution in [0.4, 0.5) is 0 Å². The van der Waals surface area contributed by atoms with Crippen LogP contribution in [-0.2, 0) is 4.43 Å². The summed E-state index contributed by atoms with van der Waals surface area (Å²) in [6, 6.07) is 21.1. The van der Waals surface area contributed by atoms with Crippen LogP contribution in [0.5, 0.6) is 0 Å². The lowest BCUT2D eigenvalue weighted by atomic mass is 10.4. The number of hydrogen-bond acceptors (Lipinski definition) is 1. The van der Waals surface area contributed by atoms with Crippen LogP contribution in [-0.4, -0.2) is 25.9 Å². The van der Waals surface area contributed by atoms with Gasteiger partial charge in [0.1, 0.15) is 0 Å². The average Bonchev–Trinajstić information content (AvgIpc) is 2.41. The molecule has 0 saturated heterocycles. The Morgan fingerprint density at radius 1 is 0.833 bits per heavy atom.